The third kappa shape index (κ3) is 3.35. The molecule has 1 fully saturated rings. The van der Waals surface area contributed by atoms with Crippen molar-refractivity contribution in [2.75, 3.05) is 20.8 Å². The zero-order valence-corrected chi connectivity index (χ0v) is 14.9. The van der Waals surface area contributed by atoms with Crippen LogP contribution < -0.4 is 15.2 Å². The Morgan fingerprint density at radius 1 is 1.04 bits per heavy atom. The lowest BCUT2D eigenvalue weighted by Crippen LogP contribution is -2.30. The molecule has 2 N–H and O–H groups in total. The van der Waals surface area contributed by atoms with Gasteiger partial charge in [-0.15, -0.1) is 0 Å². The molecule has 0 saturated carbocycles. The molecule has 1 atom stereocenters. The van der Waals surface area contributed by atoms with Crippen LogP contribution in [0.3, 0.4) is 0 Å². The van der Waals surface area contributed by atoms with Crippen molar-refractivity contribution >= 4 is 11.8 Å². The summed E-state index contributed by atoms with van der Waals surface area (Å²) in [6.45, 7) is 0.668. The monoisotopic (exact) mass is 354 g/mol. The van der Waals surface area contributed by atoms with Crippen LogP contribution in [0.2, 0.25) is 0 Å². The first-order valence-corrected chi connectivity index (χ1v) is 8.48. The molecule has 0 spiro atoms. The van der Waals surface area contributed by atoms with Gasteiger partial charge in [0, 0.05) is 23.2 Å². The Morgan fingerprint density at radius 3 is 2.35 bits per heavy atom. The van der Waals surface area contributed by atoms with Crippen LogP contribution in [-0.2, 0) is 0 Å². The largest absolute Gasteiger partial charge is 0.497 e. The Balaban J connectivity index is 1.90. The molecule has 26 heavy (non-hydrogen) atoms. The van der Waals surface area contributed by atoms with Gasteiger partial charge < -0.3 is 20.1 Å². The van der Waals surface area contributed by atoms with Crippen molar-refractivity contribution in [3.63, 3.8) is 0 Å². The number of nitrogens with zero attached hydrogens (tertiary/aromatic N) is 1. The minimum absolute atomic E-state index is 0.0756. The third-order valence-electron chi connectivity index (χ3n) is 4.73. The van der Waals surface area contributed by atoms with E-state index in [1.807, 2.05) is 23.1 Å². The van der Waals surface area contributed by atoms with Crippen molar-refractivity contribution in [2.45, 2.75) is 18.9 Å². The smallest absolute Gasteiger partial charge is 0.254 e. The normalized spacial score (nSPS) is 16.4. The van der Waals surface area contributed by atoms with Crippen molar-refractivity contribution in [1.29, 1.82) is 0 Å². The van der Waals surface area contributed by atoms with Crippen LogP contribution in [0.15, 0.2) is 42.5 Å². The summed E-state index contributed by atoms with van der Waals surface area (Å²) in [5.41, 5.74) is 7.11. The summed E-state index contributed by atoms with van der Waals surface area (Å²) in [5.74, 6) is 0.878. The Morgan fingerprint density at radius 2 is 1.73 bits per heavy atom. The molecule has 0 bridgehead atoms. The molecule has 3 rings (SSSR count). The maximum atomic E-state index is 13.0. The molecule has 0 radical (unpaired) electrons. The molecular weight excluding hydrogens is 332 g/mol. The predicted octanol–water partition coefficient (Wildman–Crippen LogP) is 2.78. The van der Waals surface area contributed by atoms with Gasteiger partial charge in [-0.25, -0.2) is 0 Å². The summed E-state index contributed by atoms with van der Waals surface area (Å²) >= 11 is 0. The van der Waals surface area contributed by atoms with Crippen LogP contribution in [0, 0.1) is 0 Å². The second kappa shape index (κ2) is 7.47. The van der Waals surface area contributed by atoms with Crippen molar-refractivity contribution in [2.24, 2.45) is 5.73 Å². The number of hydrogen-bond acceptors (Lipinski definition) is 4. The van der Waals surface area contributed by atoms with Crippen LogP contribution in [-0.4, -0.2) is 37.5 Å². The topological polar surface area (TPSA) is 81.9 Å². The van der Waals surface area contributed by atoms with Crippen LogP contribution in [0.5, 0.6) is 11.5 Å². The molecule has 2 amide bonds. The standard InChI is InChI=1S/C20H22N2O4/c1-25-15-9-10-18(26-2)16(12-15)17-4-3-11-22(17)20(24)14-7-5-13(6-8-14)19(21)23/h5-10,12,17H,3-4,11H2,1-2H3,(H2,21,23). The number of benzene rings is 2. The Bertz CT molecular complexity index is 817. The van der Waals surface area contributed by atoms with Gasteiger partial charge in [-0.3, -0.25) is 9.59 Å². The number of nitrogens with two attached hydrogens (primary N) is 1. The number of methoxy groups -OCH3 is 2. The van der Waals surface area contributed by atoms with Gasteiger partial charge in [0.1, 0.15) is 11.5 Å². The summed E-state index contributed by atoms with van der Waals surface area (Å²) < 4.78 is 10.8. The molecule has 6 nitrogen and oxygen atoms in total. The molecular formula is C20H22N2O4. The van der Waals surface area contributed by atoms with Gasteiger partial charge in [-0.2, -0.15) is 0 Å². The zero-order chi connectivity index (χ0) is 18.7. The number of ether oxygens (including phenoxy) is 2. The average molecular weight is 354 g/mol. The average Bonchev–Trinajstić information content (AvgIpc) is 3.16. The molecule has 2 aromatic rings. The van der Waals surface area contributed by atoms with Crippen LogP contribution in [0.25, 0.3) is 0 Å². The van der Waals surface area contributed by atoms with Crippen molar-refractivity contribution in [3.05, 3.63) is 59.2 Å². The maximum absolute atomic E-state index is 13.0. The summed E-state index contributed by atoms with van der Waals surface area (Å²) in [6.07, 6.45) is 1.77. The van der Waals surface area contributed by atoms with E-state index < -0.39 is 5.91 Å². The molecule has 0 aliphatic carbocycles. The first kappa shape index (κ1) is 17.8. The number of hydrogen-bond donors (Lipinski definition) is 1. The SMILES string of the molecule is COc1ccc(OC)c(C2CCCN2C(=O)c2ccc(C(N)=O)cc2)c1. The quantitative estimate of drug-likeness (QED) is 0.895. The van der Waals surface area contributed by atoms with E-state index in [9.17, 15) is 9.59 Å². The second-order valence-corrected chi connectivity index (χ2v) is 6.21. The molecule has 0 aromatic heterocycles. The minimum Gasteiger partial charge on any atom is -0.497 e. The number of rotatable bonds is 5. The fourth-order valence-corrected chi connectivity index (χ4v) is 3.38. The number of amides is 2. The number of carbonyl (C=O) groups excluding carboxylic acids is 2. The van der Waals surface area contributed by atoms with E-state index >= 15 is 0 Å². The Labute approximate surface area is 152 Å². The van der Waals surface area contributed by atoms with Gasteiger partial charge in [0.25, 0.3) is 5.91 Å². The lowest BCUT2D eigenvalue weighted by atomic mass is 10.0. The highest BCUT2D eigenvalue weighted by Gasteiger charge is 2.32. The number of carbonyl (C=O) groups is 2. The van der Waals surface area contributed by atoms with Crippen LogP contribution in [0.1, 0.15) is 45.2 Å². The first-order valence-electron chi connectivity index (χ1n) is 8.48. The molecule has 1 unspecified atom stereocenters. The van der Waals surface area contributed by atoms with E-state index in [0.29, 0.717) is 17.7 Å². The van der Waals surface area contributed by atoms with E-state index in [1.165, 1.54) is 0 Å². The lowest BCUT2D eigenvalue weighted by molar-refractivity contribution is 0.0733. The van der Waals surface area contributed by atoms with Crippen LogP contribution in [0.4, 0.5) is 0 Å². The van der Waals surface area contributed by atoms with E-state index in [2.05, 4.69) is 0 Å². The van der Waals surface area contributed by atoms with Crippen molar-refractivity contribution < 1.29 is 19.1 Å². The van der Waals surface area contributed by atoms with E-state index in [4.69, 9.17) is 15.2 Å². The minimum atomic E-state index is -0.510. The van der Waals surface area contributed by atoms with Crippen molar-refractivity contribution in [3.8, 4) is 11.5 Å². The van der Waals surface area contributed by atoms with Gasteiger partial charge >= 0.3 is 0 Å². The molecule has 1 saturated heterocycles. The highest BCUT2D eigenvalue weighted by molar-refractivity contribution is 5.97. The number of primary amides is 1. The molecule has 136 valence electrons. The van der Waals surface area contributed by atoms with Gasteiger partial charge in [0.2, 0.25) is 5.91 Å². The fourth-order valence-electron chi connectivity index (χ4n) is 3.38. The summed E-state index contributed by atoms with van der Waals surface area (Å²) in [6, 6.07) is 12.0. The first-order chi connectivity index (χ1) is 12.5. The van der Waals surface area contributed by atoms with Crippen molar-refractivity contribution in [1.82, 2.24) is 4.90 Å². The maximum Gasteiger partial charge on any atom is 0.254 e. The van der Waals surface area contributed by atoms with Gasteiger partial charge in [-0.05, 0) is 55.3 Å². The van der Waals surface area contributed by atoms with Gasteiger partial charge in [-0.1, -0.05) is 0 Å². The third-order valence-corrected chi connectivity index (χ3v) is 4.73. The second-order valence-electron chi connectivity index (χ2n) is 6.21. The summed E-state index contributed by atoms with van der Waals surface area (Å²) in [7, 11) is 3.23. The highest BCUT2D eigenvalue weighted by Crippen LogP contribution is 2.39. The molecule has 1 aliphatic heterocycles. The molecule has 2 aromatic carbocycles. The van der Waals surface area contributed by atoms with E-state index in [0.717, 1.165) is 29.9 Å². The molecule has 1 heterocycles. The Hall–Kier alpha value is -3.02. The van der Waals surface area contributed by atoms with E-state index in [1.54, 1.807) is 38.5 Å². The summed E-state index contributed by atoms with van der Waals surface area (Å²) in [4.78, 5) is 26.1. The fraction of sp³-hybridized carbons (Fsp3) is 0.300. The summed E-state index contributed by atoms with van der Waals surface area (Å²) in [5, 5.41) is 0. The van der Waals surface area contributed by atoms with Crippen LogP contribution >= 0.6 is 0 Å². The molecule has 6 heteroatoms. The number of likely N-dealkylation sites (tertiary alicyclic amines) is 1. The molecule has 1 aliphatic rings. The predicted molar refractivity (Wildman–Crippen MR) is 97.5 cm³/mol. The van der Waals surface area contributed by atoms with E-state index in [-0.39, 0.29) is 11.9 Å². The lowest BCUT2D eigenvalue weighted by Gasteiger charge is -2.27. The Kier molecular flexibility index (Phi) is 5.11. The highest BCUT2D eigenvalue weighted by atomic mass is 16.5. The van der Waals surface area contributed by atoms with Gasteiger partial charge in [0.15, 0.2) is 0 Å². The van der Waals surface area contributed by atoms with Gasteiger partial charge in [0.05, 0.1) is 20.3 Å². The zero-order valence-electron chi connectivity index (χ0n) is 14.9.